The number of nitrogens with zero attached hydrogens (tertiary/aromatic N) is 2. The normalized spacial score (nSPS) is 25.1. The number of hydrogen-bond donors (Lipinski definition) is 2. The van der Waals surface area contributed by atoms with Gasteiger partial charge in [-0.1, -0.05) is 5.16 Å². The van der Waals surface area contributed by atoms with Crippen molar-refractivity contribution < 1.29 is 14.4 Å². The zero-order valence-electron chi connectivity index (χ0n) is 10.7. The highest BCUT2D eigenvalue weighted by Gasteiger charge is 2.31. The number of carbonyl (C=O) groups is 1. The smallest absolute Gasteiger partial charge is 0.227 e. The third-order valence-electron chi connectivity index (χ3n) is 3.24. The number of carbonyl (C=O) groups excluding carboxylic acids is 1. The van der Waals surface area contributed by atoms with E-state index in [1.54, 1.807) is 13.0 Å². The Morgan fingerprint density at radius 1 is 1.72 bits per heavy atom. The molecule has 1 amide bonds. The summed E-state index contributed by atoms with van der Waals surface area (Å²) in [6, 6.07) is 1.78. The number of hydrogen-bond acceptors (Lipinski definition) is 5. The summed E-state index contributed by atoms with van der Waals surface area (Å²) in [7, 11) is 1.95. The number of aliphatic hydroxyl groups excluding tert-OH is 1. The second-order valence-electron chi connectivity index (χ2n) is 4.87. The first-order valence-electron chi connectivity index (χ1n) is 6.13. The highest BCUT2D eigenvalue weighted by molar-refractivity contribution is 5.79. The van der Waals surface area contributed by atoms with Crippen LogP contribution in [0.4, 0.5) is 0 Å². The highest BCUT2D eigenvalue weighted by atomic mass is 16.5. The van der Waals surface area contributed by atoms with Crippen molar-refractivity contribution in [3.05, 3.63) is 17.5 Å². The molecule has 2 heterocycles. The summed E-state index contributed by atoms with van der Waals surface area (Å²) >= 11 is 0. The monoisotopic (exact) mass is 253 g/mol. The lowest BCUT2D eigenvalue weighted by Crippen LogP contribution is -2.48. The first-order valence-corrected chi connectivity index (χ1v) is 6.13. The highest BCUT2D eigenvalue weighted by Crippen LogP contribution is 2.16. The summed E-state index contributed by atoms with van der Waals surface area (Å²) in [4.78, 5) is 14.0. The number of aryl methyl sites for hydroxylation is 1. The molecule has 2 N–H and O–H groups in total. The van der Waals surface area contributed by atoms with E-state index in [-0.39, 0.29) is 11.8 Å². The van der Waals surface area contributed by atoms with Crippen LogP contribution in [-0.2, 0) is 11.3 Å². The quantitative estimate of drug-likeness (QED) is 0.787. The molecule has 0 unspecified atom stereocenters. The maximum atomic E-state index is 12.0. The molecule has 1 aliphatic rings. The lowest BCUT2D eigenvalue weighted by atomic mass is 9.94. The Hall–Kier alpha value is -1.40. The van der Waals surface area contributed by atoms with E-state index in [1.807, 2.05) is 7.05 Å². The topological polar surface area (TPSA) is 78.6 Å². The molecule has 0 radical (unpaired) electrons. The minimum atomic E-state index is -0.555. The van der Waals surface area contributed by atoms with Gasteiger partial charge >= 0.3 is 0 Å². The molecule has 2 rings (SSSR count). The summed E-state index contributed by atoms with van der Waals surface area (Å²) in [5, 5.41) is 16.4. The van der Waals surface area contributed by atoms with Crippen LogP contribution in [0.1, 0.15) is 17.9 Å². The van der Waals surface area contributed by atoms with E-state index in [2.05, 4.69) is 15.4 Å². The Bertz CT molecular complexity index is 418. The number of likely N-dealkylation sites (tertiary alicyclic amines) is 1. The molecule has 1 aliphatic heterocycles. The maximum Gasteiger partial charge on any atom is 0.227 e. The van der Waals surface area contributed by atoms with Gasteiger partial charge in [-0.15, -0.1) is 0 Å². The van der Waals surface area contributed by atoms with Crippen molar-refractivity contribution >= 4 is 5.91 Å². The molecule has 1 fully saturated rings. The zero-order valence-corrected chi connectivity index (χ0v) is 10.7. The van der Waals surface area contributed by atoms with Gasteiger partial charge in [0.25, 0.3) is 0 Å². The first-order chi connectivity index (χ1) is 8.56. The molecule has 6 heteroatoms. The second-order valence-corrected chi connectivity index (χ2v) is 4.87. The molecule has 1 saturated heterocycles. The van der Waals surface area contributed by atoms with E-state index in [0.717, 1.165) is 12.3 Å². The average Bonchev–Trinajstić information content (AvgIpc) is 2.75. The minimum Gasteiger partial charge on any atom is -0.392 e. The van der Waals surface area contributed by atoms with Crippen LogP contribution in [-0.4, -0.2) is 47.3 Å². The van der Waals surface area contributed by atoms with E-state index in [1.165, 1.54) is 0 Å². The molecular formula is C12H19N3O3. The van der Waals surface area contributed by atoms with Crippen molar-refractivity contribution in [2.75, 3.05) is 20.1 Å². The van der Waals surface area contributed by atoms with Gasteiger partial charge in [-0.2, -0.15) is 0 Å². The Morgan fingerprint density at radius 2 is 2.50 bits per heavy atom. The van der Waals surface area contributed by atoms with Crippen molar-refractivity contribution in [2.45, 2.75) is 26.0 Å². The number of piperidine rings is 1. The second kappa shape index (κ2) is 5.49. The van der Waals surface area contributed by atoms with Crippen molar-refractivity contribution in [3.8, 4) is 0 Å². The summed E-state index contributed by atoms with van der Waals surface area (Å²) < 4.78 is 4.92. The van der Waals surface area contributed by atoms with Crippen molar-refractivity contribution in [2.24, 2.45) is 5.92 Å². The summed E-state index contributed by atoms with van der Waals surface area (Å²) in [5.41, 5.74) is 0.694. The van der Waals surface area contributed by atoms with Gasteiger partial charge in [-0.25, -0.2) is 0 Å². The average molecular weight is 253 g/mol. The SMILES string of the molecule is Cc1cc(CNC(=O)[C@@H]2CN(C)CC[C@@H]2O)no1. The van der Waals surface area contributed by atoms with Gasteiger partial charge in [0.2, 0.25) is 5.91 Å². The van der Waals surface area contributed by atoms with Crippen LogP contribution in [0.25, 0.3) is 0 Å². The third-order valence-corrected chi connectivity index (χ3v) is 3.24. The standard InChI is InChI=1S/C12H19N3O3/c1-8-5-9(14-18-8)6-13-12(17)10-7-15(2)4-3-11(10)16/h5,10-11,16H,3-4,6-7H2,1-2H3,(H,13,17)/t10-,11+/m1/s1. The van der Waals surface area contributed by atoms with Crippen LogP contribution in [0.3, 0.4) is 0 Å². The lowest BCUT2D eigenvalue weighted by Gasteiger charge is -2.32. The molecule has 0 bridgehead atoms. The Morgan fingerprint density at radius 3 is 3.17 bits per heavy atom. The molecule has 0 spiro atoms. The predicted molar refractivity (Wildman–Crippen MR) is 64.7 cm³/mol. The van der Waals surface area contributed by atoms with Crippen LogP contribution in [0.5, 0.6) is 0 Å². The number of amides is 1. The molecule has 100 valence electrons. The molecule has 18 heavy (non-hydrogen) atoms. The van der Waals surface area contributed by atoms with Gasteiger partial charge in [0.1, 0.15) is 11.5 Å². The lowest BCUT2D eigenvalue weighted by molar-refractivity contribution is -0.131. The van der Waals surface area contributed by atoms with Crippen LogP contribution in [0.15, 0.2) is 10.6 Å². The first kappa shape index (κ1) is 13.0. The molecule has 1 aromatic heterocycles. The van der Waals surface area contributed by atoms with E-state index in [9.17, 15) is 9.90 Å². The molecule has 1 aromatic rings. The molecule has 6 nitrogen and oxygen atoms in total. The minimum absolute atomic E-state index is 0.130. The van der Waals surface area contributed by atoms with Crippen LogP contribution in [0, 0.1) is 12.8 Å². The van der Waals surface area contributed by atoms with E-state index in [4.69, 9.17) is 4.52 Å². The van der Waals surface area contributed by atoms with E-state index < -0.39 is 6.10 Å². The fourth-order valence-electron chi connectivity index (χ4n) is 2.17. The summed E-state index contributed by atoms with van der Waals surface area (Å²) in [5.74, 6) is 0.225. The molecular weight excluding hydrogens is 234 g/mol. The fourth-order valence-corrected chi connectivity index (χ4v) is 2.17. The zero-order chi connectivity index (χ0) is 13.1. The van der Waals surface area contributed by atoms with Crippen LogP contribution in [0.2, 0.25) is 0 Å². The van der Waals surface area contributed by atoms with Gasteiger partial charge in [0.05, 0.1) is 18.6 Å². The Kier molecular flexibility index (Phi) is 3.98. The van der Waals surface area contributed by atoms with Crippen LogP contribution < -0.4 is 5.32 Å². The van der Waals surface area contributed by atoms with Crippen molar-refractivity contribution in [3.63, 3.8) is 0 Å². The van der Waals surface area contributed by atoms with Gasteiger partial charge < -0.3 is 19.8 Å². The van der Waals surface area contributed by atoms with Crippen molar-refractivity contribution in [1.29, 1.82) is 0 Å². The summed E-state index contributed by atoms with van der Waals surface area (Å²) in [6.07, 6.45) is 0.0812. The van der Waals surface area contributed by atoms with Gasteiger partial charge in [0.15, 0.2) is 0 Å². The van der Waals surface area contributed by atoms with Crippen LogP contribution >= 0.6 is 0 Å². The molecule has 0 aliphatic carbocycles. The molecule has 0 saturated carbocycles. The third kappa shape index (κ3) is 3.08. The van der Waals surface area contributed by atoms with Crippen molar-refractivity contribution in [1.82, 2.24) is 15.4 Å². The van der Waals surface area contributed by atoms with E-state index >= 15 is 0 Å². The Balaban J connectivity index is 1.87. The fraction of sp³-hybridized carbons (Fsp3) is 0.667. The predicted octanol–water partition coefficient (Wildman–Crippen LogP) is -0.0882. The number of aromatic nitrogens is 1. The van der Waals surface area contributed by atoms with Gasteiger partial charge in [-0.3, -0.25) is 4.79 Å². The number of nitrogens with one attached hydrogen (secondary N) is 1. The Labute approximate surface area is 106 Å². The van der Waals surface area contributed by atoms with Gasteiger partial charge in [-0.05, 0) is 20.4 Å². The largest absolute Gasteiger partial charge is 0.392 e. The summed E-state index contributed by atoms with van der Waals surface area (Å²) in [6.45, 7) is 3.56. The van der Waals surface area contributed by atoms with E-state index in [0.29, 0.717) is 25.2 Å². The number of rotatable bonds is 3. The maximum absolute atomic E-state index is 12.0. The molecule has 2 atom stereocenters. The molecule has 0 aromatic carbocycles. The number of aliphatic hydroxyl groups is 1. The van der Waals surface area contributed by atoms with Gasteiger partial charge in [0, 0.05) is 19.2 Å².